The Morgan fingerprint density at radius 2 is 2.33 bits per heavy atom. The molecule has 0 aromatic carbocycles. The van der Waals surface area contributed by atoms with Gasteiger partial charge in [0.25, 0.3) is 0 Å². The van der Waals surface area contributed by atoms with Crippen LogP contribution in [-0.2, 0) is 0 Å². The van der Waals surface area contributed by atoms with Crippen molar-refractivity contribution in [2.24, 2.45) is 0 Å². The summed E-state index contributed by atoms with van der Waals surface area (Å²) in [6, 6.07) is 0. The van der Waals surface area contributed by atoms with Gasteiger partial charge in [-0.1, -0.05) is 6.08 Å². The fourth-order valence-corrected chi connectivity index (χ4v) is 1.65. The molecule has 2 heteroatoms. The fourth-order valence-electron chi connectivity index (χ4n) is 1.65. The summed E-state index contributed by atoms with van der Waals surface area (Å²) in [5.74, 6) is 0. The van der Waals surface area contributed by atoms with Crippen molar-refractivity contribution in [1.29, 1.82) is 0 Å². The Kier molecular flexibility index (Phi) is 1.68. The van der Waals surface area contributed by atoms with Crippen molar-refractivity contribution in [1.82, 2.24) is 10.2 Å². The highest BCUT2D eigenvalue weighted by atomic mass is 15.1. The van der Waals surface area contributed by atoms with Crippen LogP contribution in [0.2, 0.25) is 0 Å². The van der Waals surface area contributed by atoms with Crippen LogP contribution in [0.1, 0.15) is 6.92 Å². The molecular formula is C10H14N2. The van der Waals surface area contributed by atoms with Crippen molar-refractivity contribution in [2.75, 3.05) is 20.1 Å². The third-order valence-corrected chi connectivity index (χ3v) is 2.38. The SMILES string of the molecule is CC1=CCNC2=C1C=CN(C)C2. The number of allylic oxidation sites excluding steroid dienone is 3. The van der Waals surface area contributed by atoms with Crippen molar-refractivity contribution in [2.45, 2.75) is 6.92 Å². The van der Waals surface area contributed by atoms with E-state index in [1.165, 1.54) is 16.8 Å². The molecule has 0 unspecified atom stereocenters. The largest absolute Gasteiger partial charge is 0.383 e. The lowest BCUT2D eigenvalue weighted by molar-refractivity contribution is 0.471. The number of rotatable bonds is 0. The lowest BCUT2D eigenvalue weighted by Gasteiger charge is -2.27. The minimum absolute atomic E-state index is 0.979. The first-order valence-electron chi connectivity index (χ1n) is 4.30. The highest BCUT2D eigenvalue weighted by molar-refractivity contribution is 5.46. The van der Waals surface area contributed by atoms with E-state index in [0.717, 1.165) is 13.1 Å². The number of hydrogen-bond acceptors (Lipinski definition) is 2. The Balaban J connectivity index is 2.33. The summed E-state index contributed by atoms with van der Waals surface area (Å²) in [5, 5.41) is 3.39. The predicted molar refractivity (Wildman–Crippen MR) is 50.6 cm³/mol. The van der Waals surface area contributed by atoms with E-state index < -0.39 is 0 Å². The van der Waals surface area contributed by atoms with E-state index in [0.29, 0.717) is 0 Å². The first-order chi connectivity index (χ1) is 5.77. The molecule has 0 radical (unpaired) electrons. The van der Waals surface area contributed by atoms with Gasteiger partial charge < -0.3 is 10.2 Å². The molecule has 0 bridgehead atoms. The first kappa shape index (κ1) is 7.47. The number of nitrogens with one attached hydrogen (secondary N) is 1. The summed E-state index contributed by atoms with van der Waals surface area (Å²) in [4.78, 5) is 2.18. The highest BCUT2D eigenvalue weighted by Crippen LogP contribution is 2.21. The summed E-state index contributed by atoms with van der Waals surface area (Å²) >= 11 is 0. The normalized spacial score (nSPS) is 21.8. The lowest BCUT2D eigenvalue weighted by Crippen LogP contribution is -2.30. The molecule has 2 nitrogen and oxygen atoms in total. The molecule has 0 fully saturated rings. The van der Waals surface area contributed by atoms with Gasteiger partial charge in [0, 0.05) is 19.3 Å². The van der Waals surface area contributed by atoms with Crippen molar-refractivity contribution < 1.29 is 0 Å². The van der Waals surface area contributed by atoms with Gasteiger partial charge in [0.15, 0.2) is 0 Å². The summed E-state index contributed by atoms with van der Waals surface area (Å²) < 4.78 is 0. The second-order valence-electron chi connectivity index (χ2n) is 3.39. The quantitative estimate of drug-likeness (QED) is 0.576. The molecule has 0 amide bonds. The fraction of sp³-hybridized carbons (Fsp3) is 0.400. The molecule has 0 spiro atoms. The van der Waals surface area contributed by atoms with E-state index in [4.69, 9.17) is 0 Å². The molecule has 0 aliphatic carbocycles. The van der Waals surface area contributed by atoms with Crippen LogP contribution in [0, 0.1) is 0 Å². The standard InChI is InChI=1S/C10H14N2/c1-8-3-5-11-10-7-12(2)6-4-9(8)10/h3-4,6,11H,5,7H2,1-2H3. The van der Waals surface area contributed by atoms with Crippen LogP contribution in [0.25, 0.3) is 0 Å². The van der Waals surface area contributed by atoms with Gasteiger partial charge in [0.2, 0.25) is 0 Å². The second-order valence-corrected chi connectivity index (χ2v) is 3.39. The average Bonchev–Trinajstić information content (AvgIpc) is 2.04. The van der Waals surface area contributed by atoms with Gasteiger partial charge in [-0.2, -0.15) is 0 Å². The maximum atomic E-state index is 3.39. The molecule has 2 aliphatic heterocycles. The number of nitrogens with zero attached hydrogens (tertiary/aromatic N) is 1. The Bertz CT molecular complexity index is 284. The highest BCUT2D eigenvalue weighted by Gasteiger charge is 2.14. The van der Waals surface area contributed by atoms with Gasteiger partial charge in [0.1, 0.15) is 0 Å². The molecule has 0 saturated carbocycles. The van der Waals surface area contributed by atoms with Crippen LogP contribution in [-0.4, -0.2) is 25.0 Å². The third kappa shape index (κ3) is 1.13. The molecule has 2 aliphatic rings. The van der Waals surface area contributed by atoms with Crippen LogP contribution < -0.4 is 5.32 Å². The third-order valence-electron chi connectivity index (χ3n) is 2.38. The molecule has 12 heavy (non-hydrogen) atoms. The van der Waals surface area contributed by atoms with Gasteiger partial charge >= 0.3 is 0 Å². The molecule has 0 aromatic rings. The molecule has 0 atom stereocenters. The minimum Gasteiger partial charge on any atom is -0.383 e. The molecule has 1 N–H and O–H groups in total. The molecule has 2 heterocycles. The Morgan fingerprint density at radius 1 is 1.50 bits per heavy atom. The monoisotopic (exact) mass is 162 g/mol. The van der Waals surface area contributed by atoms with Crippen LogP contribution in [0.5, 0.6) is 0 Å². The van der Waals surface area contributed by atoms with Gasteiger partial charge in [-0.25, -0.2) is 0 Å². The molecule has 0 aromatic heterocycles. The van der Waals surface area contributed by atoms with Gasteiger partial charge in [-0.15, -0.1) is 0 Å². The van der Waals surface area contributed by atoms with Gasteiger partial charge in [0.05, 0.1) is 6.54 Å². The Hall–Kier alpha value is -1.18. The second kappa shape index (κ2) is 2.70. The number of hydrogen-bond donors (Lipinski definition) is 1. The summed E-state index contributed by atoms with van der Waals surface area (Å²) in [5.41, 5.74) is 4.13. The van der Waals surface area contributed by atoms with Crippen LogP contribution in [0.4, 0.5) is 0 Å². The van der Waals surface area contributed by atoms with E-state index in [2.05, 4.69) is 42.5 Å². The smallest absolute Gasteiger partial charge is 0.0574 e. The minimum atomic E-state index is 0.979. The first-order valence-corrected chi connectivity index (χ1v) is 4.30. The van der Waals surface area contributed by atoms with Gasteiger partial charge in [-0.05, 0) is 30.3 Å². The molecular weight excluding hydrogens is 148 g/mol. The van der Waals surface area contributed by atoms with Crippen LogP contribution >= 0.6 is 0 Å². The van der Waals surface area contributed by atoms with Crippen molar-refractivity contribution in [3.8, 4) is 0 Å². The summed E-state index contributed by atoms with van der Waals surface area (Å²) in [6.07, 6.45) is 6.54. The van der Waals surface area contributed by atoms with Crippen LogP contribution in [0.15, 0.2) is 35.2 Å². The van der Waals surface area contributed by atoms with E-state index in [1.54, 1.807) is 0 Å². The van der Waals surface area contributed by atoms with Crippen molar-refractivity contribution in [3.63, 3.8) is 0 Å². The maximum absolute atomic E-state index is 3.39. The topological polar surface area (TPSA) is 15.3 Å². The lowest BCUT2D eigenvalue weighted by atomic mass is 10.00. The molecule has 0 saturated heterocycles. The van der Waals surface area contributed by atoms with Gasteiger partial charge in [-0.3, -0.25) is 0 Å². The average molecular weight is 162 g/mol. The van der Waals surface area contributed by atoms with E-state index in [9.17, 15) is 0 Å². The number of dihydropyridines is 1. The molecule has 2 rings (SSSR count). The zero-order chi connectivity index (χ0) is 8.55. The summed E-state index contributed by atoms with van der Waals surface area (Å²) in [6.45, 7) is 4.16. The number of likely N-dealkylation sites (N-methyl/N-ethyl adjacent to an activating group) is 1. The zero-order valence-corrected chi connectivity index (χ0v) is 7.59. The Morgan fingerprint density at radius 3 is 3.17 bits per heavy atom. The van der Waals surface area contributed by atoms with E-state index >= 15 is 0 Å². The Labute approximate surface area is 73.3 Å². The van der Waals surface area contributed by atoms with Crippen molar-refractivity contribution in [3.05, 3.63) is 35.2 Å². The van der Waals surface area contributed by atoms with E-state index in [1.807, 2.05) is 0 Å². The van der Waals surface area contributed by atoms with Crippen LogP contribution in [0.3, 0.4) is 0 Å². The maximum Gasteiger partial charge on any atom is 0.0574 e. The van der Waals surface area contributed by atoms with E-state index in [-0.39, 0.29) is 0 Å². The van der Waals surface area contributed by atoms with Crippen molar-refractivity contribution >= 4 is 0 Å². The predicted octanol–water partition coefficient (Wildman–Crippen LogP) is 1.25. The zero-order valence-electron chi connectivity index (χ0n) is 7.59. The summed E-state index contributed by atoms with van der Waals surface area (Å²) in [7, 11) is 2.09. The molecule has 64 valence electrons.